The zero-order chi connectivity index (χ0) is 21.0. The molecule has 0 aromatic heterocycles. The first-order valence-corrected chi connectivity index (χ1v) is 10.3. The van der Waals surface area contributed by atoms with Crippen LogP contribution in [-0.2, 0) is 5.54 Å². The van der Waals surface area contributed by atoms with Gasteiger partial charge in [-0.1, -0.05) is 49.2 Å². The van der Waals surface area contributed by atoms with E-state index in [-0.39, 0.29) is 12.1 Å². The van der Waals surface area contributed by atoms with E-state index in [9.17, 15) is 9.59 Å². The molecule has 0 aliphatic carbocycles. The molecule has 1 aliphatic heterocycles. The average molecular weight is 435 g/mol. The van der Waals surface area contributed by atoms with Crippen LogP contribution in [0, 0.1) is 0 Å². The Bertz CT molecular complexity index is 915. The zero-order valence-corrected chi connectivity index (χ0v) is 17.9. The smallest absolute Gasteiger partial charge is 0.321 e. The van der Waals surface area contributed by atoms with Crippen molar-refractivity contribution in [1.29, 1.82) is 0 Å². The number of nitrogens with one attached hydrogen (secondary N) is 3. The van der Waals surface area contributed by atoms with E-state index in [1.165, 1.54) is 0 Å². The summed E-state index contributed by atoms with van der Waals surface area (Å²) in [6, 6.07) is 12.2. The predicted octanol–water partition coefficient (Wildman–Crippen LogP) is 5.36. The van der Waals surface area contributed by atoms with Gasteiger partial charge in [-0.3, -0.25) is 4.90 Å². The van der Waals surface area contributed by atoms with E-state index in [1.54, 1.807) is 29.2 Å². The number of carbonyl (C=O) groups is 2. The number of urea groups is 2. The molecule has 0 atom stereocenters. The number of amides is 4. The Hall–Kier alpha value is -2.44. The van der Waals surface area contributed by atoms with Crippen LogP contribution in [-0.4, -0.2) is 25.2 Å². The summed E-state index contributed by atoms with van der Waals surface area (Å²) in [6.07, 6.45) is 1.37. The highest BCUT2D eigenvalue weighted by atomic mass is 35.5. The Balaban J connectivity index is 1.77. The highest BCUT2D eigenvalue weighted by Gasteiger charge is 2.31. The van der Waals surface area contributed by atoms with Crippen molar-refractivity contribution >= 4 is 46.6 Å². The lowest BCUT2D eigenvalue weighted by molar-refractivity contribution is 0.232. The maximum absolute atomic E-state index is 12.8. The lowest BCUT2D eigenvalue weighted by Gasteiger charge is -2.34. The van der Waals surface area contributed by atoms with Crippen LogP contribution in [0.5, 0.6) is 0 Å². The zero-order valence-electron chi connectivity index (χ0n) is 16.4. The molecule has 3 rings (SSSR count). The highest BCUT2D eigenvalue weighted by Crippen LogP contribution is 2.33. The molecule has 6 nitrogen and oxygen atoms in total. The molecule has 1 fully saturated rings. The van der Waals surface area contributed by atoms with Gasteiger partial charge >= 0.3 is 12.1 Å². The Morgan fingerprint density at radius 1 is 1.14 bits per heavy atom. The van der Waals surface area contributed by atoms with Crippen molar-refractivity contribution in [3.8, 4) is 0 Å². The summed E-state index contributed by atoms with van der Waals surface area (Å²) in [5, 5.41) is 9.66. The Morgan fingerprint density at radius 2 is 1.90 bits per heavy atom. The summed E-state index contributed by atoms with van der Waals surface area (Å²) in [6.45, 7) is 5.23. The van der Waals surface area contributed by atoms with Crippen LogP contribution in [0.25, 0.3) is 0 Å². The number of hydrogen-bond donors (Lipinski definition) is 3. The molecule has 4 amide bonds. The van der Waals surface area contributed by atoms with Crippen molar-refractivity contribution in [1.82, 2.24) is 10.6 Å². The van der Waals surface area contributed by atoms with Gasteiger partial charge in [0.1, 0.15) is 0 Å². The maximum atomic E-state index is 12.8. The van der Waals surface area contributed by atoms with Crippen molar-refractivity contribution in [2.75, 3.05) is 23.3 Å². The minimum atomic E-state index is -0.579. The first-order valence-electron chi connectivity index (χ1n) is 9.58. The summed E-state index contributed by atoms with van der Waals surface area (Å²) in [5.74, 6) is 0. The van der Waals surface area contributed by atoms with Gasteiger partial charge in [0.25, 0.3) is 0 Å². The van der Waals surface area contributed by atoms with Gasteiger partial charge in [-0.25, -0.2) is 9.59 Å². The standard InChI is InChI=1S/C21H24Cl2N4O2/c1-3-21(4-2,14-8-9-17(22)18(23)12-14)26-19(28)25-15-6-5-7-16(13-15)27-11-10-24-20(27)29/h5-9,12-13H,3-4,10-11H2,1-2H3,(H,24,29)(H2,25,26,28). The molecule has 0 bridgehead atoms. The summed E-state index contributed by atoms with van der Waals surface area (Å²) in [7, 11) is 0. The molecule has 0 unspecified atom stereocenters. The van der Waals surface area contributed by atoms with Crippen LogP contribution in [0.3, 0.4) is 0 Å². The largest absolute Gasteiger partial charge is 0.336 e. The molecule has 0 radical (unpaired) electrons. The minimum absolute atomic E-state index is 0.137. The normalized spacial score (nSPS) is 13.9. The number of halogens is 2. The molecular formula is C21H24Cl2N4O2. The summed E-state index contributed by atoms with van der Waals surface area (Å²) in [5.41, 5.74) is 1.66. The van der Waals surface area contributed by atoms with E-state index in [1.807, 2.05) is 32.0 Å². The quantitative estimate of drug-likeness (QED) is 0.572. The fraction of sp³-hybridized carbons (Fsp3) is 0.333. The van der Waals surface area contributed by atoms with Crippen molar-refractivity contribution in [3.05, 3.63) is 58.1 Å². The summed E-state index contributed by atoms with van der Waals surface area (Å²) >= 11 is 12.2. The molecule has 8 heteroatoms. The Morgan fingerprint density at radius 3 is 2.52 bits per heavy atom. The van der Waals surface area contributed by atoms with Gasteiger partial charge in [-0.2, -0.15) is 0 Å². The second kappa shape index (κ2) is 8.93. The summed E-state index contributed by atoms with van der Waals surface area (Å²) in [4.78, 5) is 26.3. The molecule has 1 heterocycles. The molecule has 0 saturated carbocycles. The first kappa shape index (κ1) is 21.3. The maximum Gasteiger partial charge on any atom is 0.321 e. The lowest BCUT2D eigenvalue weighted by Crippen LogP contribution is -2.47. The number of hydrogen-bond acceptors (Lipinski definition) is 2. The van der Waals surface area contributed by atoms with Crippen molar-refractivity contribution in [3.63, 3.8) is 0 Å². The van der Waals surface area contributed by atoms with Crippen LogP contribution >= 0.6 is 23.2 Å². The average Bonchev–Trinajstić information content (AvgIpc) is 3.14. The number of nitrogens with zero attached hydrogens (tertiary/aromatic N) is 1. The second-order valence-corrected chi connectivity index (χ2v) is 7.75. The van der Waals surface area contributed by atoms with Crippen molar-refractivity contribution < 1.29 is 9.59 Å². The Kier molecular flexibility index (Phi) is 6.55. The molecule has 1 aliphatic rings. The number of anilines is 2. The predicted molar refractivity (Wildman–Crippen MR) is 118 cm³/mol. The van der Waals surface area contributed by atoms with E-state index in [4.69, 9.17) is 23.2 Å². The molecule has 0 spiro atoms. The van der Waals surface area contributed by atoms with Crippen molar-refractivity contribution in [2.45, 2.75) is 32.2 Å². The van der Waals surface area contributed by atoms with Gasteiger partial charge in [0.15, 0.2) is 0 Å². The fourth-order valence-corrected chi connectivity index (χ4v) is 3.85. The van der Waals surface area contributed by atoms with Gasteiger partial charge in [0.05, 0.1) is 15.6 Å². The van der Waals surface area contributed by atoms with Gasteiger partial charge in [-0.15, -0.1) is 0 Å². The molecule has 154 valence electrons. The number of benzene rings is 2. The molecule has 2 aromatic rings. The van der Waals surface area contributed by atoms with Crippen LogP contribution in [0.15, 0.2) is 42.5 Å². The number of rotatable bonds is 6. The topological polar surface area (TPSA) is 73.5 Å². The highest BCUT2D eigenvalue weighted by molar-refractivity contribution is 6.42. The summed E-state index contributed by atoms with van der Waals surface area (Å²) < 4.78 is 0. The molecule has 1 saturated heterocycles. The van der Waals surface area contributed by atoms with Crippen LogP contribution in [0.1, 0.15) is 32.3 Å². The van der Waals surface area contributed by atoms with Crippen LogP contribution < -0.4 is 20.9 Å². The van der Waals surface area contributed by atoms with E-state index in [0.717, 1.165) is 11.3 Å². The van der Waals surface area contributed by atoms with Gasteiger partial charge in [-0.05, 0) is 48.7 Å². The van der Waals surface area contributed by atoms with E-state index < -0.39 is 5.54 Å². The fourth-order valence-electron chi connectivity index (χ4n) is 3.55. The third-order valence-corrected chi connectivity index (χ3v) is 6.04. The van der Waals surface area contributed by atoms with Gasteiger partial charge in [0.2, 0.25) is 0 Å². The van der Waals surface area contributed by atoms with Crippen LogP contribution in [0.2, 0.25) is 10.0 Å². The number of carbonyl (C=O) groups excluding carboxylic acids is 2. The third-order valence-electron chi connectivity index (χ3n) is 5.30. The SMILES string of the molecule is CCC(CC)(NC(=O)Nc1cccc(N2CCNC2=O)c1)c1ccc(Cl)c(Cl)c1. The second-order valence-electron chi connectivity index (χ2n) is 6.93. The van der Waals surface area contributed by atoms with E-state index >= 15 is 0 Å². The lowest BCUT2D eigenvalue weighted by atomic mass is 9.85. The monoisotopic (exact) mass is 434 g/mol. The Labute approximate surface area is 180 Å². The minimum Gasteiger partial charge on any atom is -0.336 e. The molecule has 29 heavy (non-hydrogen) atoms. The van der Waals surface area contributed by atoms with Gasteiger partial charge < -0.3 is 16.0 Å². The third kappa shape index (κ3) is 4.60. The molecular weight excluding hydrogens is 411 g/mol. The molecule has 2 aromatic carbocycles. The van der Waals surface area contributed by atoms with E-state index in [0.29, 0.717) is 41.7 Å². The van der Waals surface area contributed by atoms with E-state index in [2.05, 4.69) is 16.0 Å². The van der Waals surface area contributed by atoms with Crippen LogP contribution in [0.4, 0.5) is 21.0 Å². The molecule has 3 N–H and O–H groups in total. The van der Waals surface area contributed by atoms with Gasteiger partial charge in [0, 0.05) is 24.5 Å². The first-order chi connectivity index (χ1) is 13.9. The van der Waals surface area contributed by atoms with Crippen molar-refractivity contribution in [2.24, 2.45) is 0 Å².